The highest BCUT2D eigenvalue weighted by molar-refractivity contribution is 9.08. The summed E-state index contributed by atoms with van der Waals surface area (Å²) in [6, 6.07) is 14.2. The third kappa shape index (κ3) is 3.82. The Bertz CT molecular complexity index is 552. The number of rotatable bonds is 5. The van der Waals surface area contributed by atoms with E-state index in [4.69, 9.17) is 9.47 Å². The quantitative estimate of drug-likeness (QED) is 0.735. The Labute approximate surface area is 122 Å². The maximum atomic E-state index is 5.92. The molecule has 0 saturated carbocycles. The van der Waals surface area contributed by atoms with Gasteiger partial charge >= 0.3 is 0 Å². The molecule has 3 heteroatoms. The molecular formula is C16H17BrO2. The van der Waals surface area contributed by atoms with Crippen molar-refractivity contribution < 1.29 is 9.47 Å². The maximum absolute atomic E-state index is 5.92. The second-order valence-electron chi connectivity index (χ2n) is 4.42. The fraction of sp³-hybridized carbons (Fsp3) is 0.250. The van der Waals surface area contributed by atoms with Crippen molar-refractivity contribution in [1.82, 2.24) is 0 Å². The second kappa shape index (κ2) is 6.73. The number of alkyl halides is 1. The number of ether oxygens (including phenoxy) is 2. The topological polar surface area (TPSA) is 18.5 Å². The van der Waals surface area contributed by atoms with E-state index >= 15 is 0 Å². The SMILES string of the molecule is COCc1cccc(Oc2ccc(CBr)cc2C)c1. The number of hydrogen-bond donors (Lipinski definition) is 0. The molecular weight excluding hydrogens is 304 g/mol. The Morgan fingerprint density at radius 1 is 1.05 bits per heavy atom. The predicted molar refractivity (Wildman–Crippen MR) is 81.0 cm³/mol. The molecule has 0 aliphatic rings. The van der Waals surface area contributed by atoms with E-state index in [1.54, 1.807) is 7.11 Å². The van der Waals surface area contributed by atoms with Gasteiger partial charge in [-0.15, -0.1) is 0 Å². The third-order valence-electron chi connectivity index (χ3n) is 2.83. The molecule has 0 unspecified atom stereocenters. The third-order valence-corrected chi connectivity index (χ3v) is 3.48. The van der Waals surface area contributed by atoms with Crippen LogP contribution in [0, 0.1) is 6.92 Å². The Hall–Kier alpha value is -1.32. The van der Waals surface area contributed by atoms with E-state index in [1.807, 2.05) is 30.3 Å². The van der Waals surface area contributed by atoms with Crippen molar-refractivity contribution in [1.29, 1.82) is 0 Å². The smallest absolute Gasteiger partial charge is 0.130 e. The summed E-state index contributed by atoms with van der Waals surface area (Å²) >= 11 is 3.46. The number of benzene rings is 2. The van der Waals surface area contributed by atoms with Gasteiger partial charge in [0.1, 0.15) is 11.5 Å². The molecule has 0 aliphatic heterocycles. The number of aryl methyl sites for hydroxylation is 1. The molecule has 2 nitrogen and oxygen atoms in total. The fourth-order valence-corrected chi connectivity index (χ4v) is 2.25. The van der Waals surface area contributed by atoms with Crippen molar-refractivity contribution in [2.75, 3.05) is 7.11 Å². The van der Waals surface area contributed by atoms with E-state index in [1.165, 1.54) is 5.56 Å². The van der Waals surface area contributed by atoms with Crippen molar-refractivity contribution in [3.05, 3.63) is 59.2 Å². The molecule has 0 atom stereocenters. The average Bonchev–Trinajstić information content (AvgIpc) is 2.42. The van der Waals surface area contributed by atoms with Crippen LogP contribution in [-0.4, -0.2) is 7.11 Å². The Balaban J connectivity index is 2.18. The van der Waals surface area contributed by atoms with Crippen LogP contribution in [0.15, 0.2) is 42.5 Å². The monoisotopic (exact) mass is 320 g/mol. The van der Waals surface area contributed by atoms with Crippen LogP contribution in [0.3, 0.4) is 0 Å². The highest BCUT2D eigenvalue weighted by Crippen LogP contribution is 2.27. The summed E-state index contributed by atoms with van der Waals surface area (Å²) < 4.78 is 11.1. The van der Waals surface area contributed by atoms with Gasteiger partial charge in [0, 0.05) is 12.4 Å². The molecule has 0 amide bonds. The second-order valence-corrected chi connectivity index (χ2v) is 4.98. The summed E-state index contributed by atoms with van der Waals surface area (Å²) in [6.07, 6.45) is 0. The van der Waals surface area contributed by atoms with Crippen molar-refractivity contribution >= 4 is 15.9 Å². The zero-order valence-corrected chi connectivity index (χ0v) is 12.7. The van der Waals surface area contributed by atoms with Crippen LogP contribution in [-0.2, 0) is 16.7 Å². The molecule has 0 heterocycles. The molecule has 2 aromatic carbocycles. The molecule has 0 saturated heterocycles. The van der Waals surface area contributed by atoms with Gasteiger partial charge in [-0.05, 0) is 41.8 Å². The molecule has 19 heavy (non-hydrogen) atoms. The maximum Gasteiger partial charge on any atom is 0.130 e. The molecule has 0 N–H and O–H groups in total. The van der Waals surface area contributed by atoms with Gasteiger partial charge in [0.05, 0.1) is 6.61 Å². The van der Waals surface area contributed by atoms with E-state index < -0.39 is 0 Å². The van der Waals surface area contributed by atoms with Crippen LogP contribution in [0.5, 0.6) is 11.5 Å². The lowest BCUT2D eigenvalue weighted by molar-refractivity contribution is 0.184. The van der Waals surface area contributed by atoms with Gasteiger partial charge in [0.2, 0.25) is 0 Å². The molecule has 0 radical (unpaired) electrons. The van der Waals surface area contributed by atoms with E-state index in [2.05, 4.69) is 35.0 Å². The Morgan fingerprint density at radius 3 is 2.58 bits per heavy atom. The first-order valence-corrected chi connectivity index (χ1v) is 7.26. The first kappa shape index (κ1) is 14.1. The minimum atomic E-state index is 0.596. The minimum absolute atomic E-state index is 0.596. The highest BCUT2D eigenvalue weighted by Gasteiger charge is 2.03. The van der Waals surface area contributed by atoms with Crippen LogP contribution in [0.25, 0.3) is 0 Å². The minimum Gasteiger partial charge on any atom is -0.457 e. The van der Waals surface area contributed by atoms with E-state index in [0.29, 0.717) is 6.61 Å². The first-order valence-electron chi connectivity index (χ1n) is 6.14. The largest absolute Gasteiger partial charge is 0.457 e. The van der Waals surface area contributed by atoms with Gasteiger partial charge in [-0.3, -0.25) is 0 Å². The van der Waals surface area contributed by atoms with Crippen molar-refractivity contribution in [3.8, 4) is 11.5 Å². The summed E-state index contributed by atoms with van der Waals surface area (Å²) in [7, 11) is 1.69. The number of methoxy groups -OCH3 is 1. The summed E-state index contributed by atoms with van der Waals surface area (Å²) in [5.74, 6) is 1.73. The lowest BCUT2D eigenvalue weighted by atomic mass is 10.1. The normalized spacial score (nSPS) is 10.5. The summed E-state index contributed by atoms with van der Waals surface area (Å²) in [4.78, 5) is 0. The summed E-state index contributed by atoms with van der Waals surface area (Å²) in [6.45, 7) is 2.65. The molecule has 0 aromatic heterocycles. The van der Waals surface area contributed by atoms with E-state index in [0.717, 1.165) is 28.0 Å². The van der Waals surface area contributed by atoms with Crippen molar-refractivity contribution in [2.45, 2.75) is 18.9 Å². The molecule has 0 fully saturated rings. The van der Waals surface area contributed by atoms with Crippen LogP contribution in [0.1, 0.15) is 16.7 Å². The standard InChI is InChI=1S/C16H17BrO2/c1-12-8-13(10-17)6-7-16(12)19-15-5-3-4-14(9-15)11-18-2/h3-9H,10-11H2,1-2H3. The van der Waals surface area contributed by atoms with Gasteiger partial charge in [0.15, 0.2) is 0 Å². The molecule has 0 aliphatic carbocycles. The van der Waals surface area contributed by atoms with Crippen molar-refractivity contribution in [2.24, 2.45) is 0 Å². The summed E-state index contributed by atoms with van der Waals surface area (Å²) in [5.41, 5.74) is 3.49. The zero-order valence-electron chi connectivity index (χ0n) is 11.2. The average molecular weight is 321 g/mol. The van der Waals surface area contributed by atoms with Crippen LogP contribution in [0.2, 0.25) is 0 Å². The summed E-state index contributed by atoms with van der Waals surface area (Å²) in [5, 5.41) is 0.859. The predicted octanol–water partition coefficient (Wildman–Crippen LogP) is 4.83. The Kier molecular flexibility index (Phi) is 5.00. The molecule has 100 valence electrons. The lowest BCUT2D eigenvalue weighted by Gasteiger charge is -2.10. The van der Waals surface area contributed by atoms with Crippen LogP contribution in [0.4, 0.5) is 0 Å². The number of hydrogen-bond acceptors (Lipinski definition) is 2. The van der Waals surface area contributed by atoms with Crippen molar-refractivity contribution in [3.63, 3.8) is 0 Å². The van der Waals surface area contributed by atoms with E-state index in [9.17, 15) is 0 Å². The zero-order chi connectivity index (χ0) is 13.7. The molecule has 0 bridgehead atoms. The number of halogens is 1. The van der Waals surface area contributed by atoms with Gasteiger partial charge in [0.25, 0.3) is 0 Å². The van der Waals surface area contributed by atoms with Gasteiger partial charge in [-0.1, -0.05) is 40.2 Å². The first-order chi connectivity index (χ1) is 9.22. The molecule has 0 spiro atoms. The van der Waals surface area contributed by atoms with Gasteiger partial charge < -0.3 is 9.47 Å². The van der Waals surface area contributed by atoms with E-state index in [-0.39, 0.29) is 0 Å². The fourth-order valence-electron chi connectivity index (χ4n) is 1.90. The lowest BCUT2D eigenvalue weighted by Crippen LogP contribution is -1.91. The Morgan fingerprint density at radius 2 is 1.89 bits per heavy atom. The molecule has 2 rings (SSSR count). The van der Waals surface area contributed by atoms with Gasteiger partial charge in [-0.2, -0.15) is 0 Å². The van der Waals surface area contributed by atoms with Gasteiger partial charge in [-0.25, -0.2) is 0 Å². The highest BCUT2D eigenvalue weighted by atomic mass is 79.9. The van der Waals surface area contributed by atoms with Crippen LogP contribution < -0.4 is 4.74 Å². The van der Waals surface area contributed by atoms with Crippen LogP contribution >= 0.6 is 15.9 Å². The molecule has 2 aromatic rings.